The predicted octanol–water partition coefficient (Wildman–Crippen LogP) is 3.36. The van der Waals surface area contributed by atoms with Gasteiger partial charge in [0.2, 0.25) is 0 Å². The average Bonchev–Trinajstić information content (AvgIpc) is 2.78. The lowest BCUT2D eigenvalue weighted by Gasteiger charge is -2.14. The fourth-order valence-corrected chi connectivity index (χ4v) is 2.96. The van der Waals surface area contributed by atoms with Crippen molar-refractivity contribution in [2.24, 2.45) is 11.8 Å². The summed E-state index contributed by atoms with van der Waals surface area (Å²) in [4.78, 5) is 23.1. The second kappa shape index (κ2) is 5.82. The third kappa shape index (κ3) is 3.10. The highest BCUT2D eigenvalue weighted by Gasteiger charge is 2.34. The molecule has 0 heterocycles. The fourth-order valence-electron chi connectivity index (χ4n) is 2.60. The van der Waals surface area contributed by atoms with E-state index in [4.69, 9.17) is 5.11 Å². The number of carbonyl (C=O) groups excluding carboxylic acids is 1. The van der Waals surface area contributed by atoms with Crippen LogP contribution in [0.15, 0.2) is 24.3 Å². The lowest BCUT2D eigenvalue weighted by atomic mass is 9.89. The summed E-state index contributed by atoms with van der Waals surface area (Å²) in [5.74, 6) is -1.02. The van der Waals surface area contributed by atoms with Gasteiger partial charge in [0.05, 0.1) is 5.92 Å². The molecule has 0 spiro atoms. The zero-order valence-electron chi connectivity index (χ0n) is 9.93. The van der Waals surface area contributed by atoms with Crippen LogP contribution in [0.1, 0.15) is 36.0 Å². The first kappa shape index (κ1) is 13.5. The van der Waals surface area contributed by atoms with Crippen molar-refractivity contribution in [2.75, 3.05) is 0 Å². The van der Waals surface area contributed by atoms with Gasteiger partial charge in [0.1, 0.15) is 0 Å². The van der Waals surface area contributed by atoms with E-state index in [1.54, 1.807) is 0 Å². The predicted molar refractivity (Wildman–Crippen MR) is 76.6 cm³/mol. The van der Waals surface area contributed by atoms with Crippen molar-refractivity contribution >= 4 is 34.3 Å². The van der Waals surface area contributed by atoms with E-state index in [9.17, 15) is 9.59 Å². The third-order valence-corrected chi connectivity index (χ3v) is 4.31. The Hall–Kier alpha value is -0.910. The maximum absolute atomic E-state index is 12.1. The molecule has 2 atom stereocenters. The molecule has 0 bridgehead atoms. The van der Waals surface area contributed by atoms with Crippen molar-refractivity contribution in [1.29, 1.82) is 0 Å². The van der Waals surface area contributed by atoms with Crippen molar-refractivity contribution in [3.8, 4) is 0 Å². The SMILES string of the molecule is O=C(C[C@H]1CCC[C@@H]1C(=O)O)c1ccc(I)cc1. The minimum atomic E-state index is -0.757. The molecule has 96 valence electrons. The summed E-state index contributed by atoms with van der Waals surface area (Å²) in [5.41, 5.74) is 0.687. The topological polar surface area (TPSA) is 54.4 Å². The number of carbonyl (C=O) groups is 2. The van der Waals surface area contributed by atoms with Gasteiger partial charge in [-0.3, -0.25) is 9.59 Å². The van der Waals surface area contributed by atoms with Crippen LogP contribution in [0.5, 0.6) is 0 Å². The molecule has 1 saturated carbocycles. The zero-order valence-corrected chi connectivity index (χ0v) is 12.1. The Morgan fingerprint density at radius 2 is 1.89 bits per heavy atom. The molecule has 0 aromatic heterocycles. The molecule has 2 rings (SSSR count). The summed E-state index contributed by atoms with van der Waals surface area (Å²) in [7, 11) is 0. The van der Waals surface area contributed by atoms with E-state index in [1.807, 2.05) is 24.3 Å². The summed E-state index contributed by atoms with van der Waals surface area (Å²) >= 11 is 2.19. The molecule has 0 amide bonds. The highest BCUT2D eigenvalue weighted by Crippen LogP contribution is 2.35. The summed E-state index contributed by atoms with van der Waals surface area (Å²) in [6, 6.07) is 7.43. The van der Waals surface area contributed by atoms with Gasteiger partial charge in [0.15, 0.2) is 5.78 Å². The molecule has 1 aliphatic carbocycles. The largest absolute Gasteiger partial charge is 0.481 e. The average molecular weight is 358 g/mol. The molecule has 1 aromatic rings. The van der Waals surface area contributed by atoms with E-state index in [0.717, 1.165) is 16.4 Å². The monoisotopic (exact) mass is 358 g/mol. The molecule has 1 aliphatic rings. The number of carboxylic acid groups (broad SMARTS) is 1. The number of aliphatic carboxylic acids is 1. The first-order valence-electron chi connectivity index (χ1n) is 6.09. The van der Waals surface area contributed by atoms with Gasteiger partial charge in [-0.05, 0) is 53.5 Å². The third-order valence-electron chi connectivity index (χ3n) is 3.59. The van der Waals surface area contributed by atoms with Crippen molar-refractivity contribution in [1.82, 2.24) is 0 Å². The van der Waals surface area contributed by atoms with Gasteiger partial charge in [-0.25, -0.2) is 0 Å². The fraction of sp³-hybridized carbons (Fsp3) is 0.429. The van der Waals surface area contributed by atoms with Gasteiger partial charge in [-0.2, -0.15) is 0 Å². The Kier molecular flexibility index (Phi) is 4.37. The Labute approximate surface area is 120 Å². The minimum Gasteiger partial charge on any atom is -0.481 e. The van der Waals surface area contributed by atoms with Gasteiger partial charge in [-0.1, -0.05) is 18.6 Å². The Morgan fingerprint density at radius 3 is 2.50 bits per heavy atom. The zero-order chi connectivity index (χ0) is 13.1. The van der Waals surface area contributed by atoms with Crippen LogP contribution in [0.25, 0.3) is 0 Å². The smallest absolute Gasteiger partial charge is 0.306 e. The molecule has 4 heteroatoms. The summed E-state index contributed by atoms with van der Waals surface area (Å²) in [6.45, 7) is 0. The first-order valence-corrected chi connectivity index (χ1v) is 7.17. The van der Waals surface area contributed by atoms with Crippen molar-refractivity contribution in [3.63, 3.8) is 0 Å². The number of carboxylic acids is 1. The minimum absolute atomic E-state index is 0.00859. The maximum Gasteiger partial charge on any atom is 0.306 e. The molecule has 0 aliphatic heterocycles. The Balaban J connectivity index is 2.03. The van der Waals surface area contributed by atoms with Crippen LogP contribution in [0, 0.1) is 15.4 Å². The number of hydrogen-bond donors (Lipinski definition) is 1. The summed E-state index contributed by atoms with van der Waals surface area (Å²) in [5, 5.41) is 9.09. The van der Waals surface area contributed by atoms with Crippen LogP contribution in [-0.2, 0) is 4.79 Å². The van der Waals surface area contributed by atoms with E-state index in [2.05, 4.69) is 22.6 Å². The van der Waals surface area contributed by atoms with Crippen LogP contribution in [0.4, 0.5) is 0 Å². The number of Topliss-reactive ketones (excluding diaryl/α,β-unsaturated/α-hetero) is 1. The lowest BCUT2D eigenvalue weighted by Crippen LogP contribution is -2.20. The number of benzene rings is 1. The van der Waals surface area contributed by atoms with Crippen LogP contribution >= 0.6 is 22.6 Å². The van der Waals surface area contributed by atoms with Gasteiger partial charge in [0.25, 0.3) is 0 Å². The van der Waals surface area contributed by atoms with Crippen LogP contribution < -0.4 is 0 Å². The standard InChI is InChI=1S/C14H15IO3/c15-11-6-4-9(5-7-11)13(16)8-10-2-1-3-12(10)14(17)18/h4-7,10,12H,1-3,8H2,(H,17,18)/t10-,12+/m1/s1. The molecule has 18 heavy (non-hydrogen) atoms. The quantitative estimate of drug-likeness (QED) is 0.663. The molecule has 1 aromatic carbocycles. The van der Waals surface area contributed by atoms with Crippen LogP contribution in [0.3, 0.4) is 0 Å². The van der Waals surface area contributed by atoms with Crippen molar-refractivity contribution < 1.29 is 14.7 Å². The number of hydrogen-bond acceptors (Lipinski definition) is 2. The van der Waals surface area contributed by atoms with E-state index in [-0.39, 0.29) is 17.6 Å². The van der Waals surface area contributed by atoms with Gasteiger partial charge < -0.3 is 5.11 Å². The highest BCUT2D eigenvalue weighted by molar-refractivity contribution is 14.1. The maximum atomic E-state index is 12.1. The second-order valence-corrected chi connectivity index (χ2v) is 6.02. The number of rotatable bonds is 4. The van der Waals surface area contributed by atoms with Crippen molar-refractivity contribution in [3.05, 3.63) is 33.4 Å². The molecule has 0 unspecified atom stereocenters. The molecule has 0 saturated heterocycles. The summed E-state index contributed by atoms with van der Waals surface area (Å²) in [6.07, 6.45) is 2.84. The van der Waals surface area contributed by atoms with Crippen LogP contribution in [-0.4, -0.2) is 16.9 Å². The van der Waals surface area contributed by atoms with Gasteiger partial charge >= 0.3 is 5.97 Å². The van der Waals surface area contributed by atoms with E-state index in [1.165, 1.54) is 0 Å². The molecule has 0 radical (unpaired) electrons. The molecule has 1 fully saturated rings. The van der Waals surface area contributed by atoms with Gasteiger partial charge in [0, 0.05) is 15.6 Å². The molecular weight excluding hydrogens is 343 g/mol. The lowest BCUT2D eigenvalue weighted by molar-refractivity contribution is -0.142. The number of halogens is 1. The second-order valence-electron chi connectivity index (χ2n) is 4.77. The summed E-state index contributed by atoms with van der Waals surface area (Å²) < 4.78 is 1.09. The van der Waals surface area contributed by atoms with E-state index in [0.29, 0.717) is 18.4 Å². The molecule has 1 N–H and O–H groups in total. The number of ketones is 1. The Morgan fingerprint density at radius 1 is 1.22 bits per heavy atom. The first-order chi connectivity index (χ1) is 8.58. The van der Waals surface area contributed by atoms with E-state index >= 15 is 0 Å². The normalized spacial score (nSPS) is 22.9. The van der Waals surface area contributed by atoms with Gasteiger partial charge in [-0.15, -0.1) is 0 Å². The molecule has 3 nitrogen and oxygen atoms in total. The van der Waals surface area contributed by atoms with Crippen molar-refractivity contribution in [2.45, 2.75) is 25.7 Å². The highest BCUT2D eigenvalue weighted by atomic mass is 127. The molecular formula is C14H15IO3. The Bertz CT molecular complexity index is 453. The van der Waals surface area contributed by atoms with E-state index < -0.39 is 5.97 Å². The van der Waals surface area contributed by atoms with Crippen LogP contribution in [0.2, 0.25) is 0 Å².